The minimum absolute atomic E-state index is 0.0474. The average molecular weight is 580 g/mol. The van der Waals surface area contributed by atoms with E-state index in [1.807, 2.05) is 57.2 Å². The van der Waals surface area contributed by atoms with Gasteiger partial charge in [0, 0.05) is 11.8 Å². The van der Waals surface area contributed by atoms with E-state index in [9.17, 15) is 9.59 Å². The molecule has 0 bridgehead atoms. The van der Waals surface area contributed by atoms with Gasteiger partial charge < -0.3 is 14.4 Å². The number of carbonyl (C=O) groups excluding carboxylic acids is 1. The van der Waals surface area contributed by atoms with Gasteiger partial charge in [0.1, 0.15) is 12.7 Å². The largest absolute Gasteiger partial charge is 0.460 e. The Hall–Kier alpha value is -2.44. The summed E-state index contributed by atoms with van der Waals surface area (Å²) in [6.45, 7) is 14.7. The Kier molecular flexibility index (Phi) is 11.4. The summed E-state index contributed by atoms with van der Waals surface area (Å²) in [7, 11) is -1.50. The fraction of sp³-hybridized carbons (Fsp3) is 0.600. The number of hydrogen-bond donors (Lipinski definition) is 1. The molecular formula is C35H53NO4Si. The molecule has 0 aliphatic heterocycles. The van der Waals surface area contributed by atoms with Crippen molar-refractivity contribution in [2.24, 2.45) is 28.8 Å². The van der Waals surface area contributed by atoms with Gasteiger partial charge in [-0.2, -0.15) is 0 Å². The summed E-state index contributed by atoms with van der Waals surface area (Å²) in [6, 6.07) is 20.3. The van der Waals surface area contributed by atoms with E-state index in [4.69, 9.17) is 9.57 Å². The van der Waals surface area contributed by atoms with Crippen LogP contribution in [0.15, 0.2) is 65.8 Å². The maximum Gasteiger partial charge on any atom is 0.306 e. The Balaban J connectivity index is 1.82. The Labute approximate surface area is 249 Å². The smallest absolute Gasteiger partial charge is 0.306 e. The predicted octanol–water partition coefficient (Wildman–Crippen LogP) is 7.11. The van der Waals surface area contributed by atoms with Gasteiger partial charge in [0.2, 0.25) is 0 Å². The number of hydrogen-bond acceptors (Lipinski definition) is 5. The zero-order valence-electron chi connectivity index (χ0n) is 26.7. The Morgan fingerprint density at radius 1 is 0.976 bits per heavy atom. The first-order valence-corrected chi connectivity index (χ1v) is 17.4. The third kappa shape index (κ3) is 8.78. The molecule has 0 spiro atoms. The first-order chi connectivity index (χ1) is 19.3. The Morgan fingerprint density at radius 3 is 1.98 bits per heavy atom. The van der Waals surface area contributed by atoms with Crippen LogP contribution in [-0.2, 0) is 14.4 Å². The molecule has 0 heterocycles. The van der Waals surface area contributed by atoms with Crippen LogP contribution in [0.4, 0.5) is 0 Å². The van der Waals surface area contributed by atoms with E-state index in [-0.39, 0.29) is 16.9 Å². The van der Waals surface area contributed by atoms with Gasteiger partial charge in [0.25, 0.3) is 8.32 Å². The highest BCUT2D eigenvalue weighted by Crippen LogP contribution is 2.44. The Morgan fingerprint density at radius 2 is 1.51 bits per heavy atom. The van der Waals surface area contributed by atoms with E-state index in [0.29, 0.717) is 24.2 Å². The molecule has 1 atom stereocenters. The normalized spacial score (nSPS) is 19.0. The molecule has 6 heteroatoms. The van der Waals surface area contributed by atoms with Crippen LogP contribution in [0.3, 0.4) is 0 Å². The number of ether oxygens (including phenoxy) is 1. The standard InChI is InChI=1S/C35H53NO4Si/c1-26(2)22-27-23-29(24-27)33(36-39-8)28(25-32(37)40-34(3,4)5)16-15-21-35(6,7)41(38,30-17-11-9-12-18-30)31-19-13-10-14-20-31/h9-14,17-20,26-29,38H,15-16,21-25H2,1-8H3/b36-33-. The number of oxime groups is 1. The van der Waals surface area contributed by atoms with Gasteiger partial charge in [-0.1, -0.05) is 99.9 Å². The van der Waals surface area contributed by atoms with Crippen LogP contribution < -0.4 is 10.4 Å². The van der Waals surface area contributed by atoms with Gasteiger partial charge in [0.05, 0.1) is 12.1 Å². The SMILES string of the molecule is CO/N=C(/C(CCCC(C)(C)[Si](O)(c1ccccc1)c1ccccc1)CC(=O)OC(C)(C)C)C1CC(CC(C)C)C1. The number of esters is 1. The van der Waals surface area contributed by atoms with Gasteiger partial charge in [-0.05, 0) is 80.1 Å². The quantitative estimate of drug-likeness (QED) is 0.112. The van der Waals surface area contributed by atoms with Gasteiger partial charge in [0.15, 0.2) is 0 Å². The van der Waals surface area contributed by atoms with E-state index >= 15 is 0 Å². The summed E-state index contributed by atoms with van der Waals surface area (Å²) in [6.07, 6.45) is 6.21. The molecule has 0 aromatic heterocycles. The van der Waals surface area contributed by atoms with Crippen molar-refractivity contribution in [1.29, 1.82) is 0 Å². The molecule has 2 aromatic rings. The fourth-order valence-electron chi connectivity index (χ4n) is 6.64. The average Bonchev–Trinajstić information content (AvgIpc) is 2.88. The third-order valence-corrected chi connectivity index (χ3v) is 13.2. The molecule has 0 saturated heterocycles. The summed E-state index contributed by atoms with van der Waals surface area (Å²) in [5.74, 6) is 1.50. The molecule has 41 heavy (non-hydrogen) atoms. The van der Waals surface area contributed by atoms with Crippen LogP contribution in [0.1, 0.15) is 93.4 Å². The lowest BCUT2D eigenvalue weighted by atomic mass is 9.66. The van der Waals surface area contributed by atoms with Crippen LogP contribution >= 0.6 is 0 Å². The monoisotopic (exact) mass is 579 g/mol. The van der Waals surface area contributed by atoms with Crippen molar-refractivity contribution in [3.63, 3.8) is 0 Å². The predicted molar refractivity (Wildman–Crippen MR) is 172 cm³/mol. The molecule has 1 unspecified atom stereocenters. The molecule has 0 amide bonds. The third-order valence-electron chi connectivity index (χ3n) is 8.62. The van der Waals surface area contributed by atoms with Crippen molar-refractivity contribution in [3.8, 4) is 0 Å². The van der Waals surface area contributed by atoms with E-state index in [1.54, 1.807) is 7.11 Å². The summed E-state index contributed by atoms with van der Waals surface area (Å²) >= 11 is 0. The van der Waals surface area contributed by atoms with Crippen LogP contribution in [0, 0.1) is 23.7 Å². The minimum Gasteiger partial charge on any atom is -0.460 e. The molecule has 1 saturated carbocycles. The number of benzene rings is 2. The van der Waals surface area contributed by atoms with E-state index in [0.717, 1.165) is 48.2 Å². The molecule has 1 fully saturated rings. The van der Waals surface area contributed by atoms with Crippen LogP contribution in [0.2, 0.25) is 5.04 Å². The van der Waals surface area contributed by atoms with Crippen molar-refractivity contribution < 1.29 is 19.2 Å². The maximum atomic E-state index is 13.1. The van der Waals surface area contributed by atoms with E-state index in [2.05, 4.69) is 57.1 Å². The summed E-state index contributed by atoms with van der Waals surface area (Å²) in [5.41, 5.74) is 0.476. The molecule has 226 valence electrons. The van der Waals surface area contributed by atoms with Crippen molar-refractivity contribution in [3.05, 3.63) is 60.7 Å². The van der Waals surface area contributed by atoms with Crippen LogP contribution in [0.5, 0.6) is 0 Å². The Bertz CT molecular complexity index is 1080. The van der Waals surface area contributed by atoms with Crippen LogP contribution in [0.25, 0.3) is 0 Å². The molecule has 5 nitrogen and oxygen atoms in total. The van der Waals surface area contributed by atoms with Crippen molar-refractivity contribution >= 4 is 30.4 Å². The summed E-state index contributed by atoms with van der Waals surface area (Å²) in [4.78, 5) is 31.0. The summed E-state index contributed by atoms with van der Waals surface area (Å²) < 4.78 is 5.75. The first-order valence-electron chi connectivity index (χ1n) is 15.4. The number of rotatable bonds is 14. The molecule has 3 rings (SSSR count). The molecule has 2 aromatic carbocycles. The van der Waals surface area contributed by atoms with Gasteiger partial charge in [-0.25, -0.2) is 0 Å². The van der Waals surface area contributed by atoms with E-state index in [1.165, 1.54) is 6.42 Å². The van der Waals surface area contributed by atoms with Crippen molar-refractivity contribution in [2.45, 2.75) is 104 Å². The lowest BCUT2D eigenvalue weighted by Gasteiger charge is -2.42. The number of nitrogens with zero attached hydrogens (tertiary/aromatic N) is 1. The second-order valence-electron chi connectivity index (χ2n) is 14.1. The molecule has 1 aliphatic rings. The van der Waals surface area contributed by atoms with E-state index < -0.39 is 13.9 Å². The van der Waals surface area contributed by atoms with Crippen LogP contribution in [-0.4, -0.2) is 37.5 Å². The topological polar surface area (TPSA) is 68.1 Å². The van der Waals surface area contributed by atoms with Gasteiger partial charge >= 0.3 is 5.97 Å². The number of carbonyl (C=O) groups is 1. The highest BCUT2D eigenvalue weighted by molar-refractivity contribution is 6.98. The second-order valence-corrected chi connectivity index (χ2v) is 18.0. The molecular weight excluding hydrogens is 526 g/mol. The lowest BCUT2D eigenvalue weighted by Crippen LogP contribution is -2.65. The van der Waals surface area contributed by atoms with Gasteiger partial charge in [-0.15, -0.1) is 0 Å². The molecule has 1 N–H and O–H groups in total. The first kappa shape index (κ1) is 33.1. The lowest BCUT2D eigenvalue weighted by molar-refractivity contribution is -0.155. The van der Waals surface area contributed by atoms with Crippen molar-refractivity contribution in [1.82, 2.24) is 0 Å². The highest BCUT2D eigenvalue weighted by Gasteiger charge is 2.49. The zero-order chi connectivity index (χ0) is 30.3. The highest BCUT2D eigenvalue weighted by atomic mass is 28.4. The fourth-order valence-corrected chi connectivity index (χ4v) is 10.4. The minimum atomic E-state index is -3.10. The van der Waals surface area contributed by atoms with Gasteiger partial charge in [-0.3, -0.25) is 4.79 Å². The second kappa shape index (κ2) is 14.2. The summed E-state index contributed by atoms with van der Waals surface area (Å²) in [5, 5.41) is 6.24. The van der Waals surface area contributed by atoms with Crippen molar-refractivity contribution in [2.75, 3.05) is 7.11 Å². The zero-order valence-corrected chi connectivity index (χ0v) is 27.7. The molecule has 1 aliphatic carbocycles. The molecule has 0 radical (unpaired) electrons. The maximum absolute atomic E-state index is 13.1.